The van der Waals surface area contributed by atoms with Gasteiger partial charge in [-0.25, -0.2) is 9.59 Å². The predicted molar refractivity (Wildman–Crippen MR) is 48.7 cm³/mol. The zero-order valence-corrected chi connectivity index (χ0v) is 8.81. The zero-order chi connectivity index (χ0) is 10.9. The second-order valence-electron chi connectivity index (χ2n) is 3.67. The fourth-order valence-corrected chi connectivity index (χ4v) is 1.69. The van der Waals surface area contributed by atoms with Gasteiger partial charge in [-0.3, -0.25) is 0 Å². The van der Waals surface area contributed by atoms with Crippen LogP contribution >= 0.6 is 0 Å². The molecule has 0 aromatic heterocycles. The summed E-state index contributed by atoms with van der Waals surface area (Å²) in [6.07, 6.45) is -1.27. The first-order chi connectivity index (χ1) is 6.49. The molecule has 1 aliphatic heterocycles. The lowest BCUT2D eigenvalue weighted by Gasteiger charge is -2.23. The van der Waals surface area contributed by atoms with Crippen LogP contribution in [0.1, 0.15) is 13.8 Å². The topological polar surface area (TPSA) is 55.8 Å². The third kappa shape index (κ3) is 1.66. The molecule has 1 fully saturated rings. The number of nitrogens with zero attached hydrogens (tertiary/aromatic N) is 1. The molecular weight excluding hydrogens is 186 g/mol. The normalized spacial score (nSPS) is 26.6. The lowest BCUT2D eigenvalue weighted by molar-refractivity contribution is -0.150. The average molecular weight is 201 g/mol. The number of likely N-dealkylation sites (N-methyl/N-ethyl adjacent to an activating group) is 1. The first kappa shape index (κ1) is 10.8. The van der Waals surface area contributed by atoms with Crippen LogP contribution in [0.3, 0.4) is 0 Å². The summed E-state index contributed by atoms with van der Waals surface area (Å²) in [6.45, 7) is 3.86. The Bertz CT molecular complexity index is 251. The average Bonchev–Trinajstić information content (AvgIpc) is 2.42. The van der Waals surface area contributed by atoms with Crippen molar-refractivity contribution in [1.29, 1.82) is 0 Å². The lowest BCUT2D eigenvalue weighted by atomic mass is 9.98. The number of rotatable bonds is 2. The summed E-state index contributed by atoms with van der Waals surface area (Å²) in [5, 5.41) is 0. The maximum atomic E-state index is 11.3. The highest BCUT2D eigenvalue weighted by Gasteiger charge is 2.46. The number of carbonyl (C=O) groups is 2. The van der Waals surface area contributed by atoms with Crippen LogP contribution < -0.4 is 0 Å². The zero-order valence-electron chi connectivity index (χ0n) is 8.81. The summed E-state index contributed by atoms with van der Waals surface area (Å²) < 4.78 is 9.48. The Balaban J connectivity index is 2.85. The minimum absolute atomic E-state index is 0.149. The van der Waals surface area contributed by atoms with E-state index in [-0.39, 0.29) is 12.0 Å². The summed E-state index contributed by atoms with van der Waals surface area (Å²) in [7, 11) is 2.90. The van der Waals surface area contributed by atoms with Crippen LogP contribution in [0, 0.1) is 5.92 Å². The number of cyclic esters (lactones) is 1. The molecule has 0 aromatic carbocycles. The second kappa shape index (κ2) is 3.86. The first-order valence-electron chi connectivity index (χ1n) is 4.50. The van der Waals surface area contributed by atoms with Gasteiger partial charge in [0.25, 0.3) is 0 Å². The molecule has 1 saturated heterocycles. The Kier molecular flexibility index (Phi) is 2.98. The predicted octanol–water partition coefficient (Wildman–Crippen LogP) is 0.635. The molecule has 5 heteroatoms. The number of hydrogen-bond acceptors (Lipinski definition) is 4. The lowest BCUT2D eigenvalue weighted by Crippen LogP contribution is -2.42. The number of methoxy groups -OCH3 is 1. The molecule has 5 nitrogen and oxygen atoms in total. The number of hydrogen-bond donors (Lipinski definition) is 0. The Labute approximate surface area is 83.0 Å². The summed E-state index contributed by atoms with van der Waals surface area (Å²) >= 11 is 0. The Morgan fingerprint density at radius 3 is 2.57 bits per heavy atom. The summed E-state index contributed by atoms with van der Waals surface area (Å²) in [6, 6.07) is -0.241. The monoisotopic (exact) mass is 201 g/mol. The minimum Gasteiger partial charge on any atom is -0.466 e. The van der Waals surface area contributed by atoms with Crippen molar-refractivity contribution < 1.29 is 19.1 Å². The smallest absolute Gasteiger partial charge is 0.410 e. The Hall–Kier alpha value is -1.26. The molecule has 0 radical (unpaired) electrons. The molecule has 0 unspecified atom stereocenters. The van der Waals surface area contributed by atoms with Gasteiger partial charge >= 0.3 is 12.1 Å². The standard InChI is InChI=1S/C9H15NO4/c1-5(2)6-7(8(11)13-4)14-9(12)10(6)3/h5-7H,1-4H3/t6-,7-/m0/s1. The van der Waals surface area contributed by atoms with E-state index in [4.69, 9.17) is 4.74 Å². The highest BCUT2D eigenvalue weighted by atomic mass is 16.6. The molecule has 1 amide bonds. The van der Waals surface area contributed by atoms with E-state index in [2.05, 4.69) is 4.74 Å². The first-order valence-corrected chi connectivity index (χ1v) is 4.50. The summed E-state index contributed by atoms with van der Waals surface area (Å²) in [4.78, 5) is 23.9. The molecular formula is C9H15NO4. The largest absolute Gasteiger partial charge is 0.466 e. The van der Waals surface area contributed by atoms with Crippen LogP contribution in [0.5, 0.6) is 0 Å². The number of esters is 1. The van der Waals surface area contributed by atoms with Crippen LogP contribution in [0.2, 0.25) is 0 Å². The van der Waals surface area contributed by atoms with Gasteiger partial charge in [-0.1, -0.05) is 13.8 Å². The van der Waals surface area contributed by atoms with Gasteiger partial charge in [-0.2, -0.15) is 0 Å². The SMILES string of the molecule is COC(=O)[C@H]1OC(=O)N(C)[C@H]1C(C)C. The Morgan fingerprint density at radius 1 is 1.57 bits per heavy atom. The number of carbonyl (C=O) groups excluding carboxylic acids is 2. The number of ether oxygens (including phenoxy) is 2. The fourth-order valence-electron chi connectivity index (χ4n) is 1.69. The van der Waals surface area contributed by atoms with Gasteiger partial charge in [-0.05, 0) is 5.92 Å². The third-order valence-corrected chi connectivity index (χ3v) is 2.39. The van der Waals surface area contributed by atoms with Crippen LogP contribution in [-0.4, -0.2) is 43.3 Å². The van der Waals surface area contributed by atoms with Crippen molar-refractivity contribution in [2.75, 3.05) is 14.2 Å². The van der Waals surface area contributed by atoms with Crippen LogP contribution in [0.15, 0.2) is 0 Å². The van der Waals surface area contributed by atoms with Gasteiger partial charge in [0.2, 0.25) is 6.10 Å². The fraction of sp³-hybridized carbons (Fsp3) is 0.778. The van der Waals surface area contributed by atoms with E-state index >= 15 is 0 Å². The van der Waals surface area contributed by atoms with Crippen LogP contribution in [-0.2, 0) is 14.3 Å². The highest BCUT2D eigenvalue weighted by Crippen LogP contribution is 2.24. The summed E-state index contributed by atoms with van der Waals surface area (Å²) in [5.74, 6) is -0.350. The molecule has 0 spiro atoms. The summed E-state index contributed by atoms with van der Waals surface area (Å²) in [5.41, 5.74) is 0. The van der Waals surface area contributed by atoms with Gasteiger partial charge < -0.3 is 14.4 Å². The molecule has 2 atom stereocenters. The highest BCUT2D eigenvalue weighted by molar-refractivity contribution is 5.83. The van der Waals surface area contributed by atoms with E-state index in [1.807, 2.05) is 13.8 Å². The van der Waals surface area contributed by atoms with Crippen LogP contribution in [0.4, 0.5) is 4.79 Å². The van der Waals surface area contributed by atoms with Crippen molar-refractivity contribution in [2.24, 2.45) is 5.92 Å². The van der Waals surface area contributed by atoms with Gasteiger partial charge in [0.15, 0.2) is 0 Å². The Morgan fingerprint density at radius 2 is 2.14 bits per heavy atom. The van der Waals surface area contributed by atoms with Crippen molar-refractivity contribution in [2.45, 2.75) is 26.0 Å². The van der Waals surface area contributed by atoms with E-state index in [9.17, 15) is 9.59 Å². The van der Waals surface area contributed by atoms with E-state index in [1.54, 1.807) is 7.05 Å². The van der Waals surface area contributed by atoms with Gasteiger partial charge in [0.1, 0.15) is 0 Å². The molecule has 0 N–H and O–H groups in total. The molecule has 80 valence electrons. The van der Waals surface area contributed by atoms with Crippen molar-refractivity contribution in [3.05, 3.63) is 0 Å². The molecule has 1 rings (SSSR count). The molecule has 0 bridgehead atoms. The molecule has 14 heavy (non-hydrogen) atoms. The molecule has 0 saturated carbocycles. The van der Waals surface area contributed by atoms with E-state index in [0.29, 0.717) is 0 Å². The van der Waals surface area contributed by atoms with E-state index < -0.39 is 18.2 Å². The van der Waals surface area contributed by atoms with Gasteiger partial charge in [0.05, 0.1) is 13.2 Å². The maximum Gasteiger partial charge on any atom is 0.410 e. The second-order valence-corrected chi connectivity index (χ2v) is 3.67. The van der Waals surface area contributed by atoms with Crippen molar-refractivity contribution in [3.63, 3.8) is 0 Å². The number of amides is 1. The third-order valence-electron chi connectivity index (χ3n) is 2.39. The maximum absolute atomic E-state index is 11.3. The molecule has 1 aliphatic rings. The van der Waals surface area contributed by atoms with Crippen molar-refractivity contribution in [1.82, 2.24) is 4.90 Å². The molecule has 1 heterocycles. The van der Waals surface area contributed by atoms with Gasteiger partial charge in [-0.15, -0.1) is 0 Å². The molecule has 0 aromatic rings. The van der Waals surface area contributed by atoms with Gasteiger partial charge in [0, 0.05) is 7.05 Å². The van der Waals surface area contributed by atoms with Crippen LogP contribution in [0.25, 0.3) is 0 Å². The van der Waals surface area contributed by atoms with E-state index in [0.717, 1.165) is 0 Å². The van der Waals surface area contributed by atoms with E-state index in [1.165, 1.54) is 12.0 Å². The molecule has 0 aliphatic carbocycles. The minimum atomic E-state index is -0.794. The quantitative estimate of drug-likeness (QED) is 0.615. The van der Waals surface area contributed by atoms with Crippen molar-refractivity contribution >= 4 is 12.1 Å². The van der Waals surface area contributed by atoms with Crippen molar-refractivity contribution in [3.8, 4) is 0 Å².